The summed E-state index contributed by atoms with van der Waals surface area (Å²) in [7, 11) is 2.21. The standard InChI is InChI=1S/C17H36N2O/c1-5-11-18-13-17(9-6-15(2)7-10-17)14-19(4)12-8-16(3)20/h15-16,18,20H,5-14H2,1-4H3. The molecule has 0 aromatic rings. The third kappa shape index (κ3) is 6.55. The molecule has 0 spiro atoms. The molecule has 1 fully saturated rings. The van der Waals surface area contributed by atoms with Gasteiger partial charge in [-0.3, -0.25) is 0 Å². The van der Waals surface area contributed by atoms with Crippen LogP contribution in [0.15, 0.2) is 0 Å². The van der Waals surface area contributed by atoms with E-state index in [2.05, 4.69) is 31.1 Å². The van der Waals surface area contributed by atoms with E-state index in [4.69, 9.17) is 0 Å². The van der Waals surface area contributed by atoms with Crippen LogP contribution in [0.4, 0.5) is 0 Å². The minimum atomic E-state index is -0.182. The molecule has 0 aliphatic heterocycles. The second-order valence-electron chi connectivity index (χ2n) is 7.23. The highest BCUT2D eigenvalue weighted by atomic mass is 16.3. The minimum absolute atomic E-state index is 0.182. The van der Waals surface area contributed by atoms with Crippen LogP contribution in [-0.2, 0) is 0 Å². The Balaban J connectivity index is 2.48. The molecule has 1 rings (SSSR count). The minimum Gasteiger partial charge on any atom is -0.393 e. The van der Waals surface area contributed by atoms with Crippen LogP contribution in [0.5, 0.6) is 0 Å². The van der Waals surface area contributed by atoms with E-state index in [-0.39, 0.29) is 6.10 Å². The maximum Gasteiger partial charge on any atom is 0.0524 e. The zero-order valence-electron chi connectivity index (χ0n) is 14.1. The van der Waals surface area contributed by atoms with Gasteiger partial charge in [0.15, 0.2) is 0 Å². The lowest BCUT2D eigenvalue weighted by Gasteiger charge is -2.42. The predicted molar refractivity (Wildman–Crippen MR) is 87.0 cm³/mol. The van der Waals surface area contributed by atoms with Gasteiger partial charge in [-0.25, -0.2) is 0 Å². The zero-order chi connectivity index (χ0) is 15.0. The van der Waals surface area contributed by atoms with Crippen molar-refractivity contribution >= 4 is 0 Å². The van der Waals surface area contributed by atoms with Gasteiger partial charge in [0.1, 0.15) is 0 Å². The first-order chi connectivity index (χ1) is 9.47. The molecule has 3 nitrogen and oxygen atoms in total. The van der Waals surface area contributed by atoms with Crippen molar-refractivity contribution in [3.05, 3.63) is 0 Å². The van der Waals surface area contributed by atoms with E-state index in [0.717, 1.165) is 32.0 Å². The summed E-state index contributed by atoms with van der Waals surface area (Å²) in [6.07, 6.45) is 7.36. The molecule has 1 aliphatic rings. The molecule has 2 N–H and O–H groups in total. The van der Waals surface area contributed by atoms with Crippen molar-refractivity contribution in [3.63, 3.8) is 0 Å². The van der Waals surface area contributed by atoms with Crippen molar-refractivity contribution in [2.45, 2.75) is 65.4 Å². The summed E-state index contributed by atoms with van der Waals surface area (Å²) in [6, 6.07) is 0. The third-order valence-corrected chi connectivity index (χ3v) is 4.80. The largest absolute Gasteiger partial charge is 0.393 e. The van der Waals surface area contributed by atoms with Crippen molar-refractivity contribution < 1.29 is 5.11 Å². The maximum atomic E-state index is 9.44. The Kier molecular flexibility index (Phi) is 8.08. The summed E-state index contributed by atoms with van der Waals surface area (Å²) in [4.78, 5) is 2.43. The molecule has 1 unspecified atom stereocenters. The quantitative estimate of drug-likeness (QED) is 0.639. The van der Waals surface area contributed by atoms with Crippen LogP contribution in [0.1, 0.15) is 59.3 Å². The molecule has 0 heterocycles. The predicted octanol–water partition coefficient (Wildman–Crippen LogP) is 2.89. The third-order valence-electron chi connectivity index (χ3n) is 4.80. The van der Waals surface area contributed by atoms with Crippen LogP contribution in [0.2, 0.25) is 0 Å². The molecule has 0 bridgehead atoms. The van der Waals surface area contributed by atoms with Crippen LogP contribution in [0, 0.1) is 11.3 Å². The second-order valence-corrected chi connectivity index (χ2v) is 7.23. The first-order valence-corrected chi connectivity index (χ1v) is 8.55. The fourth-order valence-electron chi connectivity index (χ4n) is 3.35. The van der Waals surface area contributed by atoms with Crippen LogP contribution in [0.3, 0.4) is 0 Å². The van der Waals surface area contributed by atoms with Gasteiger partial charge < -0.3 is 15.3 Å². The Hall–Kier alpha value is -0.120. The lowest BCUT2D eigenvalue weighted by atomic mass is 9.70. The van der Waals surface area contributed by atoms with Gasteiger partial charge in [0.05, 0.1) is 6.10 Å². The number of hydrogen-bond acceptors (Lipinski definition) is 3. The number of nitrogens with one attached hydrogen (secondary N) is 1. The fourth-order valence-corrected chi connectivity index (χ4v) is 3.35. The van der Waals surface area contributed by atoms with Crippen molar-refractivity contribution in [1.82, 2.24) is 10.2 Å². The van der Waals surface area contributed by atoms with E-state index in [1.54, 1.807) is 0 Å². The van der Waals surface area contributed by atoms with Gasteiger partial charge in [0.2, 0.25) is 0 Å². The van der Waals surface area contributed by atoms with Crippen molar-refractivity contribution in [1.29, 1.82) is 0 Å². The van der Waals surface area contributed by atoms with Gasteiger partial charge in [0, 0.05) is 19.6 Å². The average Bonchev–Trinajstić information content (AvgIpc) is 2.40. The highest BCUT2D eigenvalue weighted by Gasteiger charge is 2.34. The van der Waals surface area contributed by atoms with Gasteiger partial charge >= 0.3 is 0 Å². The van der Waals surface area contributed by atoms with E-state index in [0.29, 0.717) is 5.41 Å². The summed E-state index contributed by atoms with van der Waals surface area (Å²) in [6.45, 7) is 11.0. The molecule has 1 saturated carbocycles. The highest BCUT2D eigenvalue weighted by molar-refractivity contribution is 4.89. The normalized spacial score (nSPS) is 28.8. The molecule has 1 aliphatic carbocycles. The zero-order valence-corrected chi connectivity index (χ0v) is 14.1. The second kappa shape index (κ2) is 9.01. The molecule has 120 valence electrons. The maximum absolute atomic E-state index is 9.44. The van der Waals surface area contributed by atoms with Gasteiger partial charge in [-0.2, -0.15) is 0 Å². The summed E-state index contributed by atoms with van der Waals surface area (Å²) < 4.78 is 0. The van der Waals surface area contributed by atoms with E-state index in [1.807, 2.05) is 6.92 Å². The Bertz CT molecular complexity index is 247. The molecular weight excluding hydrogens is 248 g/mol. The highest BCUT2D eigenvalue weighted by Crippen LogP contribution is 2.39. The van der Waals surface area contributed by atoms with E-state index >= 15 is 0 Å². The smallest absolute Gasteiger partial charge is 0.0524 e. The summed E-state index contributed by atoms with van der Waals surface area (Å²) in [5.41, 5.74) is 0.453. The van der Waals surface area contributed by atoms with E-state index < -0.39 is 0 Å². The summed E-state index contributed by atoms with van der Waals surface area (Å²) >= 11 is 0. The van der Waals surface area contributed by atoms with E-state index in [1.165, 1.54) is 38.6 Å². The number of aliphatic hydroxyl groups excluding tert-OH is 1. The van der Waals surface area contributed by atoms with E-state index in [9.17, 15) is 5.11 Å². The van der Waals surface area contributed by atoms with Gasteiger partial charge in [0.25, 0.3) is 0 Å². The monoisotopic (exact) mass is 284 g/mol. The first kappa shape index (κ1) is 17.9. The fraction of sp³-hybridized carbons (Fsp3) is 1.00. The number of nitrogens with zero attached hydrogens (tertiary/aromatic N) is 1. The summed E-state index contributed by atoms with van der Waals surface area (Å²) in [5.74, 6) is 0.900. The first-order valence-electron chi connectivity index (χ1n) is 8.55. The number of hydrogen-bond donors (Lipinski definition) is 2. The van der Waals surface area contributed by atoms with Gasteiger partial charge in [-0.05, 0) is 57.5 Å². The molecule has 0 aromatic carbocycles. The molecular formula is C17H36N2O. The molecule has 0 saturated heterocycles. The SMILES string of the molecule is CCCNCC1(CN(C)CCC(C)O)CCC(C)CC1. The molecule has 1 atom stereocenters. The number of rotatable bonds is 9. The lowest BCUT2D eigenvalue weighted by Crippen LogP contribution is -2.45. The lowest BCUT2D eigenvalue weighted by molar-refractivity contribution is 0.0886. The number of aliphatic hydroxyl groups is 1. The molecule has 0 amide bonds. The van der Waals surface area contributed by atoms with Crippen LogP contribution in [-0.4, -0.2) is 49.3 Å². The van der Waals surface area contributed by atoms with Crippen LogP contribution >= 0.6 is 0 Å². The Morgan fingerprint density at radius 3 is 2.55 bits per heavy atom. The molecule has 3 heteroatoms. The Labute approximate surface area is 126 Å². The Morgan fingerprint density at radius 1 is 1.35 bits per heavy atom. The van der Waals surface area contributed by atoms with Gasteiger partial charge in [-0.1, -0.05) is 26.7 Å². The molecule has 0 aromatic heterocycles. The topological polar surface area (TPSA) is 35.5 Å². The molecule has 20 heavy (non-hydrogen) atoms. The average molecular weight is 284 g/mol. The van der Waals surface area contributed by atoms with Gasteiger partial charge in [-0.15, -0.1) is 0 Å². The van der Waals surface area contributed by atoms with Crippen molar-refractivity contribution in [3.8, 4) is 0 Å². The van der Waals surface area contributed by atoms with Crippen molar-refractivity contribution in [2.24, 2.45) is 11.3 Å². The Morgan fingerprint density at radius 2 is 2.00 bits per heavy atom. The van der Waals surface area contributed by atoms with Crippen molar-refractivity contribution in [2.75, 3.05) is 33.2 Å². The van der Waals surface area contributed by atoms with Crippen LogP contribution < -0.4 is 5.32 Å². The molecule has 0 radical (unpaired) electrons. The summed E-state index contributed by atoms with van der Waals surface area (Å²) in [5, 5.41) is 13.1. The van der Waals surface area contributed by atoms with Crippen LogP contribution in [0.25, 0.3) is 0 Å².